The van der Waals surface area contributed by atoms with Crippen LogP contribution in [0.5, 0.6) is 5.88 Å². The average molecular weight is 400 g/mol. The van der Waals surface area contributed by atoms with Gasteiger partial charge in [0.1, 0.15) is 0 Å². The van der Waals surface area contributed by atoms with E-state index in [1.807, 2.05) is 31.3 Å². The van der Waals surface area contributed by atoms with Crippen molar-refractivity contribution in [2.24, 2.45) is 4.99 Å². The summed E-state index contributed by atoms with van der Waals surface area (Å²) in [4.78, 5) is 11.1. The van der Waals surface area contributed by atoms with Crippen molar-refractivity contribution in [3.63, 3.8) is 0 Å². The molecule has 1 aromatic heterocycles. The Balaban J connectivity index is 2.78. The zero-order chi connectivity index (χ0) is 17.6. The molecule has 0 aromatic carbocycles. The second-order valence-electron chi connectivity index (χ2n) is 7.23. The van der Waals surface area contributed by atoms with E-state index in [1.54, 1.807) is 0 Å². The van der Waals surface area contributed by atoms with E-state index in [9.17, 15) is 0 Å². The van der Waals surface area contributed by atoms with Gasteiger partial charge < -0.3 is 9.64 Å². The van der Waals surface area contributed by atoms with Crippen molar-refractivity contribution >= 4 is 36.0 Å². The highest BCUT2D eigenvalue weighted by Crippen LogP contribution is 2.30. The third kappa shape index (κ3) is 7.48. The number of aromatic nitrogens is 1. The van der Waals surface area contributed by atoms with Crippen LogP contribution in [0.4, 0.5) is 5.69 Å². The molecule has 0 saturated heterocycles. The molecule has 4 nitrogen and oxygen atoms in total. The molecule has 0 saturated carbocycles. The molecular formula is C17H30BrN3OSi. The van der Waals surface area contributed by atoms with E-state index in [0.29, 0.717) is 5.88 Å². The summed E-state index contributed by atoms with van der Waals surface area (Å²) in [6.07, 6.45) is 3.07. The molecule has 0 fully saturated rings. The van der Waals surface area contributed by atoms with Crippen LogP contribution >= 0.6 is 15.9 Å². The van der Waals surface area contributed by atoms with E-state index in [0.717, 1.165) is 28.8 Å². The normalized spacial score (nSPS) is 13.4. The molecule has 0 amide bonds. The van der Waals surface area contributed by atoms with E-state index < -0.39 is 8.07 Å². The van der Waals surface area contributed by atoms with E-state index in [-0.39, 0.29) is 6.10 Å². The summed E-state index contributed by atoms with van der Waals surface area (Å²) in [5.41, 5.74) is 1.74. The van der Waals surface area contributed by atoms with Crippen LogP contribution in [0.3, 0.4) is 0 Å². The summed E-state index contributed by atoms with van der Waals surface area (Å²) in [7, 11) is 0.967. The fourth-order valence-electron chi connectivity index (χ4n) is 1.89. The summed E-state index contributed by atoms with van der Waals surface area (Å²) in [5, 5.41) is 0. The van der Waals surface area contributed by atoms with Gasteiger partial charge in [0.25, 0.3) is 0 Å². The highest BCUT2D eigenvalue weighted by Gasteiger charge is 2.17. The number of rotatable bonds is 8. The Hall–Kier alpha value is -0.883. The summed E-state index contributed by atoms with van der Waals surface area (Å²) in [6, 6.07) is 3.24. The molecule has 1 atom stereocenters. The minimum Gasteiger partial charge on any atom is -0.474 e. The summed E-state index contributed by atoms with van der Waals surface area (Å²) >= 11 is 3.56. The first-order valence-corrected chi connectivity index (χ1v) is 12.7. The van der Waals surface area contributed by atoms with Crippen molar-refractivity contribution in [1.82, 2.24) is 9.88 Å². The third-order valence-corrected chi connectivity index (χ3v) is 5.97. The number of aliphatic imine (C=N–C) groups is 1. The monoisotopic (exact) mass is 399 g/mol. The van der Waals surface area contributed by atoms with E-state index in [1.165, 1.54) is 6.04 Å². The minimum atomic E-state index is -1.03. The van der Waals surface area contributed by atoms with Crippen molar-refractivity contribution in [2.75, 3.05) is 13.6 Å². The predicted octanol–water partition coefficient (Wildman–Crippen LogP) is 5.26. The van der Waals surface area contributed by atoms with Crippen LogP contribution in [0.25, 0.3) is 0 Å². The van der Waals surface area contributed by atoms with Crippen LogP contribution in [0.15, 0.2) is 15.5 Å². The largest absolute Gasteiger partial charge is 0.474 e. The molecule has 0 aliphatic heterocycles. The molecule has 0 aliphatic rings. The molecule has 0 spiro atoms. The van der Waals surface area contributed by atoms with Gasteiger partial charge in [-0.25, -0.2) is 9.98 Å². The lowest BCUT2D eigenvalue weighted by Gasteiger charge is -2.20. The molecule has 0 radical (unpaired) electrons. The van der Waals surface area contributed by atoms with Gasteiger partial charge in [-0.05, 0) is 49.2 Å². The van der Waals surface area contributed by atoms with E-state index in [4.69, 9.17) is 4.74 Å². The summed E-state index contributed by atoms with van der Waals surface area (Å²) in [6.45, 7) is 14.3. The first-order valence-electron chi connectivity index (χ1n) is 8.20. The Bertz CT molecular complexity index is 543. The standard InChI is InChI=1S/C17H30BrN3OSi/c1-8-21(4)12-19-16-11-15(18)17(20-14(16)3)22-13(2)9-10-23(5,6)7/h11-13H,8-10H2,1-7H3/b19-12+. The van der Waals surface area contributed by atoms with Gasteiger partial charge in [-0.1, -0.05) is 25.7 Å². The van der Waals surface area contributed by atoms with Gasteiger partial charge in [-0.15, -0.1) is 0 Å². The molecule has 23 heavy (non-hydrogen) atoms. The SMILES string of the molecule is CCN(C)/C=N/c1cc(Br)c(OC(C)CC[Si](C)(C)C)nc1C. The second-order valence-corrected chi connectivity index (χ2v) is 13.7. The molecule has 1 aromatic rings. The maximum absolute atomic E-state index is 6.03. The Morgan fingerprint density at radius 2 is 2.09 bits per heavy atom. The van der Waals surface area contributed by atoms with Crippen LogP contribution < -0.4 is 4.74 Å². The van der Waals surface area contributed by atoms with Crippen molar-refractivity contribution in [3.8, 4) is 5.88 Å². The molecule has 130 valence electrons. The number of hydrogen-bond donors (Lipinski definition) is 0. The number of pyridine rings is 1. The Labute approximate surface area is 150 Å². The van der Waals surface area contributed by atoms with Gasteiger partial charge in [-0.2, -0.15) is 0 Å². The lowest BCUT2D eigenvalue weighted by molar-refractivity contribution is 0.206. The molecule has 0 aliphatic carbocycles. The van der Waals surface area contributed by atoms with Crippen LogP contribution in [0.1, 0.15) is 26.0 Å². The topological polar surface area (TPSA) is 37.7 Å². The zero-order valence-corrected chi connectivity index (χ0v) is 18.1. The van der Waals surface area contributed by atoms with E-state index in [2.05, 4.69) is 59.4 Å². The van der Waals surface area contributed by atoms with Gasteiger partial charge in [-0.3, -0.25) is 0 Å². The summed E-state index contributed by atoms with van der Waals surface area (Å²) in [5.74, 6) is 0.661. The van der Waals surface area contributed by atoms with Crippen molar-refractivity contribution in [1.29, 1.82) is 0 Å². The molecule has 6 heteroatoms. The highest BCUT2D eigenvalue weighted by atomic mass is 79.9. The van der Waals surface area contributed by atoms with Gasteiger partial charge in [0.05, 0.1) is 28.3 Å². The van der Waals surface area contributed by atoms with Crippen molar-refractivity contribution in [2.45, 2.75) is 59.0 Å². The van der Waals surface area contributed by atoms with Crippen LogP contribution in [-0.2, 0) is 0 Å². The maximum atomic E-state index is 6.03. The van der Waals surface area contributed by atoms with Gasteiger partial charge in [0.2, 0.25) is 5.88 Å². The fraction of sp³-hybridized carbons (Fsp3) is 0.647. The number of aryl methyl sites for hydroxylation is 1. The molecule has 0 bridgehead atoms. The number of ether oxygens (including phenoxy) is 1. The average Bonchev–Trinajstić information content (AvgIpc) is 2.46. The highest BCUT2D eigenvalue weighted by molar-refractivity contribution is 9.10. The lowest BCUT2D eigenvalue weighted by atomic mass is 10.3. The Morgan fingerprint density at radius 1 is 1.43 bits per heavy atom. The first kappa shape index (κ1) is 20.2. The molecule has 1 unspecified atom stereocenters. The van der Waals surface area contributed by atoms with Crippen LogP contribution in [0, 0.1) is 6.92 Å². The van der Waals surface area contributed by atoms with Crippen molar-refractivity contribution in [3.05, 3.63) is 16.2 Å². The zero-order valence-electron chi connectivity index (χ0n) is 15.5. The first-order chi connectivity index (χ1) is 10.6. The Morgan fingerprint density at radius 3 is 2.65 bits per heavy atom. The number of halogens is 1. The fourth-order valence-corrected chi connectivity index (χ4v) is 3.56. The van der Waals surface area contributed by atoms with E-state index >= 15 is 0 Å². The lowest BCUT2D eigenvalue weighted by Crippen LogP contribution is -2.23. The predicted molar refractivity (Wildman–Crippen MR) is 106 cm³/mol. The van der Waals surface area contributed by atoms with Crippen LogP contribution in [0.2, 0.25) is 25.7 Å². The van der Waals surface area contributed by atoms with Gasteiger partial charge in [0.15, 0.2) is 0 Å². The van der Waals surface area contributed by atoms with Crippen molar-refractivity contribution < 1.29 is 4.74 Å². The molecular weight excluding hydrogens is 370 g/mol. The molecule has 1 rings (SSSR count). The minimum absolute atomic E-state index is 0.172. The summed E-state index contributed by atoms with van der Waals surface area (Å²) < 4.78 is 6.88. The van der Waals surface area contributed by atoms with Gasteiger partial charge >= 0.3 is 0 Å². The quantitative estimate of drug-likeness (QED) is 0.339. The Kier molecular flexibility index (Phi) is 7.74. The number of hydrogen-bond acceptors (Lipinski definition) is 3. The third-order valence-electron chi connectivity index (χ3n) is 3.61. The van der Waals surface area contributed by atoms with Gasteiger partial charge in [0, 0.05) is 21.7 Å². The smallest absolute Gasteiger partial charge is 0.228 e. The molecule has 1 heterocycles. The molecule has 0 N–H and O–H groups in total. The second kappa shape index (κ2) is 8.83. The number of nitrogens with zero attached hydrogens (tertiary/aromatic N) is 3. The van der Waals surface area contributed by atoms with Crippen LogP contribution in [-0.4, -0.2) is 44.0 Å². The maximum Gasteiger partial charge on any atom is 0.228 e.